The van der Waals surface area contributed by atoms with Crippen molar-refractivity contribution in [3.8, 4) is 0 Å². The summed E-state index contributed by atoms with van der Waals surface area (Å²) in [4.78, 5) is -0.572. The summed E-state index contributed by atoms with van der Waals surface area (Å²) in [5.41, 5.74) is 10.1. The van der Waals surface area contributed by atoms with E-state index in [0.29, 0.717) is 18.2 Å². The van der Waals surface area contributed by atoms with Crippen LogP contribution in [0.4, 0.5) is 5.88 Å². The number of rotatable bonds is 2. The van der Waals surface area contributed by atoms with Gasteiger partial charge < -0.3 is 10.3 Å². The van der Waals surface area contributed by atoms with Crippen LogP contribution in [0.2, 0.25) is 0 Å². The monoisotopic (exact) mass is 360 g/mol. The fraction of sp³-hybridized carbons (Fsp3) is 0.316. The predicted molar refractivity (Wildman–Crippen MR) is 97.0 cm³/mol. The van der Waals surface area contributed by atoms with Crippen molar-refractivity contribution < 1.29 is 4.52 Å². The molecule has 5 heteroatoms. The van der Waals surface area contributed by atoms with Crippen LogP contribution >= 0.6 is 23.2 Å². The first-order valence-corrected chi connectivity index (χ1v) is 8.87. The van der Waals surface area contributed by atoms with Crippen LogP contribution in [0.1, 0.15) is 29.7 Å². The Balaban J connectivity index is 1.59. The van der Waals surface area contributed by atoms with E-state index in [1.807, 2.05) is 30.3 Å². The fourth-order valence-electron chi connectivity index (χ4n) is 3.67. The van der Waals surface area contributed by atoms with Crippen molar-refractivity contribution in [2.75, 3.05) is 5.73 Å². The molecule has 1 heterocycles. The Labute approximate surface area is 151 Å². The molecule has 0 spiro atoms. The Kier molecular flexibility index (Phi) is 3.93. The summed E-state index contributed by atoms with van der Waals surface area (Å²) in [6, 6.07) is 10.1. The molecular weight excluding hydrogens is 343 g/mol. The number of anilines is 1. The van der Waals surface area contributed by atoms with E-state index in [2.05, 4.69) is 17.3 Å². The lowest BCUT2D eigenvalue weighted by Crippen LogP contribution is -2.23. The Bertz CT molecular complexity index is 825. The summed E-state index contributed by atoms with van der Waals surface area (Å²) < 4.78 is 5.11. The number of fused-ring (bicyclic) bond motifs is 1. The highest BCUT2D eigenvalue weighted by Gasteiger charge is 2.34. The average molecular weight is 361 g/mol. The molecule has 2 atom stereocenters. The van der Waals surface area contributed by atoms with Crippen LogP contribution in [0.5, 0.6) is 0 Å². The summed E-state index contributed by atoms with van der Waals surface area (Å²) in [6.45, 7) is 0. The van der Waals surface area contributed by atoms with Crippen molar-refractivity contribution >= 4 is 29.1 Å². The van der Waals surface area contributed by atoms with Crippen LogP contribution in [0.3, 0.4) is 0 Å². The number of halogens is 2. The SMILES string of the molecule is Nc1onc2c1CC(C1=C(Cl)CC(Cl)(c3ccccc3)C=C1)CC2. The van der Waals surface area contributed by atoms with E-state index in [-0.39, 0.29) is 0 Å². The zero-order chi connectivity index (χ0) is 16.7. The Morgan fingerprint density at radius 1 is 1.25 bits per heavy atom. The maximum atomic E-state index is 6.84. The standard InChI is InChI=1S/C19H18Cl2N2O/c20-16-11-19(21,13-4-2-1-3-5-13)9-8-14(16)12-6-7-17-15(10-12)18(22)24-23-17/h1-5,8-9,12H,6-7,10-11,22H2. The van der Waals surface area contributed by atoms with E-state index in [9.17, 15) is 0 Å². The van der Waals surface area contributed by atoms with Crippen molar-refractivity contribution in [1.29, 1.82) is 0 Å². The van der Waals surface area contributed by atoms with E-state index in [1.54, 1.807) is 0 Å². The van der Waals surface area contributed by atoms with Gasteiger partial charge in [0.05, 0.1) is 10.6 Å². The van der Waals surface area contributed by atoms with Crippen molar-refractivity contribution in [3.63, 3.8) is 0 Å². The normalized spacial score (nSPS) is 26.5. The second-order valence-electron chi connectivity index (χ2n) is 6.51. The van der Waals surface area contributed by atoms with Gasteiger partial charge in [0.15, 0.2) is 0 Å². The van der Waals surface area contributed by atoms with Crippen molar-refractivity contribution in [2.24, 2.45) is 5.92 Å². The van der Waals surface area contributed by atoms with E-state index in [4.69, 9.17) is 33.5 Å². The van der Waals surface area contributed by atoms with Gasteiger partial charge in [0, 0.05) is 17.0 Å². The molecule has 2 aromatic rings. The molecule has 3 nitrogen and oxygen atoms in total. The number of alkyl halides is 1. The first-order chi connectivity index (χ1) is 11.6. The number of hydrogen-bond donors (Lipinski definition) is 1. The Morgan fingerprint density at radius 2 is 2.04 bits per heavy atom. The zero-order valence-corrected chi connectivity index (χ0v) is 14.6. The summed E-state index contributed by atoms with van der Waals surface area (Å²) in [6.07, 6.45) is 7.45. The zero-order valence-electron chi connectivity index (χ0n) is 13.1. The van der Waals surface area contributed by atoms with Gasteiger partial charge in [0.2, 0.25) is 5.88 Å². The minimum Gasteiger partial charge on any atom is -0.367 e. The van der Waals surface area contributed by atoms with Gasteiger partial charge in [-0.05, 0) is 36.3 Å². The van der Waals surface area contributed by atoms with Crippen LogP contribution < -0.4 is 5.73 Å². The Hall–Kier alpha value is -1.71. The van der Waals surface area contributed by atoms with Gasteiger partial charge in [0.25, 0.3) is 0 Å². The molecule has 1 aromatic heterocycles. The molecule has 0 radical (unpaired) electrons. The van der Waals surface area contributed by atoms with Crippen LogP contribution in [-0.2, 0) is 17.7 Å². The van der Waals surface area contributed by atoms with Crippen molar-refractivity contribution in [1.82, 2.24) is 5.16 Å². The minimum absolute atomic E-state index is 0.333. The molecule has 1 aromatic carbocycles. The smallest absolute Gasteiger partial charge is 0.225 e. The molecule has 2 aliphatic rings. The molecule has 0 fully saturated rings. The molecule has 0 aliphatic heterocycles. The molecular formula is C19H18Cl2N2O. The number of aromatic nitrogens is 1. The third-order valence-corrected chi connectivity index (χ3v) is 5.86. The topological polar surface area (TPSA) is 52.0 Å². The van der Waals surface area contributed by atoms with Crippen molar-refractivity contribution in [2.45, 2.75) is 30.6 Å². The largest absolute Gasteiger partial charge is 0.367 e. The molecule has 0 bridgehead atoms. The van der Waals surface area contributed by atoms with Gasteiger partial charge >= 0.3 is 0 Å². The summed E-state index contributed by atoms with van der Waals surface area (Å²) in [5.74, 6) is 0.766. The summed E-state index contributed by atoms with van der Waals surface area (Å²) in [7, 11) is 0. The molecule has 4 rings (SSSR count). The highest BCUT2D eigenvalue weighted by Crippen LogP contribution is 2.45. The van der Waals surface area contributed by atoms with E-state index in [0.717, 1.165) is 46.7 Å². The summed E-state index contributed by atoms with van der Waals surface area (Å²) >= 11 is 13.5. The van der Waals surface area contributed by atoms with Gasteiger partial charge in [-0.2, -0.15) is 0 Å². The molecule has 0 saturated heterocycles. The number of hydrogen-bond acceptors (Lipinski definition) is 3. The lowest BCUT2D eigenvalue weighted by atomic mass is 9.78. The van der Waals surface area contributed by atoms with E-state index in [1.165, 1.54) is 0 Å². The highest BCUT2D eigenvalue weighted by molar-refractivity contribution is 6.32. The average Bonchev–Trinajstić information content (AvgIpc) is 2.96. The van der Waals surface area contributed by atoms with E-state index >= 15 is 0 Å². The second-order valence-corrected chi connectivity index (χ2v) is 7.64. The lowest BCUT2D eigenvalue weighted by molar-refractivity contribution is 0.424. The van der Waals surface area contributed by atoms with Gasteiger partial charge in [0.1, 0.15) is 0 Å². The first kappa shape index (κ1) is 15.8. The lowest BCUT2D eigenvalue weighted by Gasteiger charge is -2.31. The molecule has 124 valence electrons. The molecule has 0 amide bonds. The van der Waals surface area contributed by atoms with Gasteiger partial charge in [-0.25, -0.2) is 0 Å². The number of benzene rings is 1. The van der Waals surface area contributed by atoms with Crippen LogP contribution in [0.15, 0.2) is 57.6 Å². The molecule has 24 heavy (non-hydrogen) atoms. The third-order valence-electron chi connectivity index (χ3n) is 5.03. The maximum absolute atomic E-state index is 6.84. The van der Waals surface area contributed by atoms with Crippen LogP contribution in [0, 0.1) is 5.92 Å². The number of aryl methyl sites for hydroxylation is 1. The van der Waals surface area contributed by atoms with E-state index < -0.39 is 4.87 Å². The third kappa shape index (κ3) is 2.66. The van der Waals surface area contributed by atoms with Gasteiger partial charge in [-0.1, -0.05) is 59.2 Å². The highest BCUT2D eigenvalue weighted by atomic mass is 35.5. The second kappa shape index (κ2) is 5.98. The molecule has 2 unspecified atom stereocenters. The Morgan fingerprint density at radius 3 is 2.79 bits per heavy atom. The van der Waals surface area contributed by atoms with Crippen LogP contribution in [0.25, 0.3) is 0 Å². The molecule has 2 aliphatic carbocycles. The van der Waals surface area contributed by atoms with Gasteiger partial charge in [-0.3, -0.25) is 0 Å². The summed E-state index contributed by atoms with van der Waals surface area (Å²) in [5, 5.41) is 4.86. The number of allylic oxidation sites excluding steroid dienone is 4. The van der Waals surface area contributed by atoms with Gasteiger partial charge in [-0.15, -0.1) is 11.6 Å². The number of nitrogens with zero attached hydrogens (tertiary/aromatic N) is 1. The maximum Gasteiger partial charge on any atom is 0.225 e. The number of nitrogens with two attached hydrogens (primary N) is 1. The van der Waals surface area contributed by atoms with Crippen LogP contribution in [-0.4, -0.2) is 5.16 Å². The quantitative estimate of drug-likeness (QED) is 0.770. The minimum atomic E-state index is -0.572. The fourth-order valence-corrected chi connectivity index (χ4v) is 4.49. The van der Waals surface area contributed by atoms with Crippen molar-refractivity contribution in [3.05, 3.63) is 69.9 Å². The molecule has 0 saturated carbocycles. The first-order valence-electron chi connectivity index (χ1n) is 8.12. The predicted octanol–water partition coefficient (Wildman–Crippen LogP) is 4.95. The number of nitrogen functional groups attached to an aromatic ring is 1. The molecule has 2 N–H and O–H groups in total.